The number of anilines is 1. The van der Waals surface area contributed by atoms with E-state index < -0.39 is 0 Å². The highest BCUT2D eigenvalue weighted by Gasteiger charge is 2.22. The number of halogens is 1. The lowest BCUT2D eigenvalue weighted by Gasteiger charge is -2.32. The van der Waals surface area contributed by atoms with E-state index in [4.69, 9.17) is 10.7 Å². The molecule has 1 atom stereocenters. The number of para-hydroxylation sites is 2. The van der Waals surface area contributed by atoms with Crippen molar-refractivity contribution in [3.05, 3.63) is 59.9 Å². The zero-order valence-corrected chi connectivity index (χ0v) is 13.5. The van der Waals surface area contributed by atoms with Crippen LogP contribution in [0.25, 0.3) is 11.0 Å². The van der Waals surface area contributed by atoms with E-state index in [1.54, 1.807) is 0 Å². The molecular formula is C19H21FN4. The lowest BCUT2D eigenvalue weighted by molar-refractivity contribution is 0.495. The first-order valence-electron chi connectivity index (χ1n) is 8.41. The number of piperidine rings is 1. The van der Waals surface area contributed by atoms with Crippen LogP contribution in [0.2, 0.25) is 0 Å². The van der Waals surface area contributed by atoms with Crippen LogP contribution in [0.4, 0.5) is 10.3 Å². The van der Waals surface area contributed by atoms with Crippen molar-refractivity contribution in [1.29, 1.82) is 0 Å². The van der Waals surface area contributed by atoms with E-state index in [0.717, 1.165) is 48.5 Å². The molecule has 0 spiro atoms. The third-order valence-corrected chi connectivity index (χ3v) is 4.63. The summed E-state index contributed by atoms with van der Waals surface area (Å²) in [5.41, 5.74) is 9.29. The topological polar surface area (TPSA) is 47.1 Å². The number of rotatable bonds is 3. The van der Waals surface area contributed by atoms with Gasteiger partial charge in [-0.25, -0.2) is 9.37 Å². The van der Waals surface area contributed by atoms with Gasteiger partial charge in [0.2, 0.25) is 5.95 Å². The maximum atomic E-state index is 13.2. The molecule has 124 valence electrons. The Morgan fingerprint density at radius 3 is 2.71 bits per heavy atom. The van der Waals surface area contributed by atoms with Gasteiger partial charge >= 0.3 is 0 Å². The highest BCUT2D eigenvalue weighted by atomic mass is 19.1. The summed E-state index contributed by atoms with van der Waals surface area (Å²) in [6.07, 6.45) is 2.15. The number of benzene rings is 2. The van der Waals surface area contributed by atoms with Gasteiger partial charge in [-0.2, -0.15) is 0 Å². The molecule has 1 aliphatic rings. The Labute approximate surface area is 140 Å². The zero-order chi connectivity index (χ0) is 16.5. The second-order valence-corrected chi connectivity index (χ2v) is 6.46. The summed E-state index contributed by atoms with van der Waals surface area (Å²) >= 11 is 0. The van der Waals surface area contributed by atoms with Gasteiger partial charge < -0.3 is 15.2 Å². The quantitative estimate of drug-likeness (QED) is 0.805. The van der Waals surface area contributed by atoms with Gasteiger partial charge in [-0.3, -0.25) is 0 Å². The van der Waals surface area contributed by atoms with Crippen LogP contribution < -0.4 is 10.6 Å². The first kappa shape index (κ1) is 15.1. The van der Waals surface area contributed by atoms with Crippen molar-refractivity contribution in [3.63, 3.8) is 0 Å². The molecule has 1 aromatic heterocycles. The normalized spacial score (nSPS) is 18.2. The molecule has 4 nitrogen and oxygen atoms in total. The van der Waals surface area contributed by atoms with E-state index in [-0.39, 0.29) is 11.9 Å². The molecule has 3 aromatic rings. The second kappa shape index (κ2) is 6.24. The van der Waals surface area contributed by atoms with E-state index >= 15 is 0 Å². The third-order valence-electron chi connectivity index (χ3n) is 4.63. The minimum absolute atomic E-state index is 0.192. The fourth-order valence-electron chi connectivity index (χ4n) is 3.42. The number of nitrogens with zero attached hydrogens (tertiary/aromatic N) is 3. The molecule has 1 saturated heterocycles. The Balaban J connectivity index is 1.76. The summed E-state index contributed by atoms with van der Waals surface area (Å²) in [7, 11) is 0. The summed E-state index contributed by atoms with van der Waals surface area (Å²) in [6.45, 7) is 2.47. The zero-order valence-electron chi connectivity index (χ0n) is 13.5. The van der Waals surface area contributed by atoms with Crippen LogP contribution in [0.3, 0.4) is 0 Å². The molecule has 0 unspecified atom stereocenters. The van der Waals surface area contributed by atoms with Gasteiger partial charge in [0.1, 0.15) is 5.82 Å². The van der Waals surface area contributed by atoms with Gasteiger partial charge in [0.25, 0.3) is 0 Å². The van der Waals surface area contributed by atoms with Crippen molar-refractivity contribution in [2.45, 2.75) is 25.4 Å². The van der Waals surface area contributed by atoms with Crippen molar-refractivity contribution in [1.82, 2.24) is 9.55 Å². The molecule has 24 heavy (non-hydrogen) atoms. The number of imidazole rings is 1. The van der Waals surface area contributed by atoms with Gasteiger partial charge in [-0.15, -0.1) is 0 Å². The Morgan fingerprint density at radius 1 is 1.12 bits per heavy atom. The molecule has 2 aromatic carbocycles. The maximum Gasteiger partial charge on any atom is 0.206 e. The number of fused-ring (bicyclic) bond motifs is 1. The summed E-state index contributed by atoms with van der Waals surface area (Å²) in [5, 5.41) is 0. The summed E-state index contributed by atoms with van der Waals surface area (Å²) in [4.78, 5) is 7.12. The number of hydrogen-bond acceptors (Lipinski definition) is 3. The fourth-order valence-corrected chi connectivity index (χ4v) is 3.42. The molecular weight excluding hydrogens is 303 g/mol. The molecule has 2 N–H and O–H groups in total. The average molecular weight is 324 g/mol. The van der Waals surface area contributed by atoms with Crippen LogP contribution in [-0.2, 0) is 6.54 Å². The van der Waals surface area contributed by atoms with Crippen molar-refractivity contribution >= 4 is 17.0 Å². The van der Waals surface area contributed by atoms with Crippen LogP contribution in [0.15, 0.2) is 48.5 Å². The molecule has 0 aliphatic carbocycles. The van der Waals surface area contributed by atoms with Crippen LogP contribution >= 0.6 is 0 Å². The van der Waals surface area contributed by atoms with E-state index in [9.17, 15) is 4.39 Å². The maximum absolute atomic E-state index is 13.2. The lowest BCUT2D eigenvalue weighted by atomic mass is 10.1. The smallest absolute Gasteiger partial charge is 0.206 e. The minimum Gasteiger partial charge on any atom is -0.341 e. The average Bonchev–Trinajstić information content (AvgIpc) is 2.96. The molecule has 1 fully saturated rings. The van der Waals surface area contributed by atoms with Crippen LogP contribution in [0, 0.1) is 5.82 Å². The molecule has 5 heteroatoms. The van der Waals surface area contributed by atoms with Gasteiger partial charge in [0.15, 0.2) is 0 Å². The fraction of sp³-hybridized carbons (Fsp3) is 0.316. The Morgan fingerprint density at radius 2 is 1.92 bits per heavy atom. The van der Waals surface area contributed by atoms with E-state index in [2.05, 4.69) is 15.5 Å². The SMILES string of the molecule is N[C@H]1CCCN(c2nc3ccccc3n2Cc2ccc(F)cc2)C1. The van der Waals surface area contributed by atoms with Gasteiger partial charge in [0.05, 0.1) is 17.6 Å². The van der Waals surface area contributed by atoms with E-state index in [0.29, 0.717) is 6.54 Å². The molecule has 0 amide bonds. The number of nitrogens with two attached hydrogens (primary N) is 1. The summed E-state index contributed by atoms with van der Waals surface area (Å²) in [6, 6.07) is 15.0. The molecule has 0 saturated carbocycles. The van der Waals surface area contributed by atoms with Crippen LogP contribution in [-0.4, -0.2) is 28.7 Å². The van der Waals surface area contributed by atoms with E-state index in [1.807, 2.05) is 30.3 Å². The molecule has 4 rings (SSSR count). The number of aromatic nitrogens is 2. The molecule has 0 bridgehead atoms. The van der Waals surface area contributed by atoms with Crippen molar-refractivity contribution in [2.75, 3.05) is 18.0 Å². The predicted molar refractivity (Wildman–Crippen MR) is 94.7 cm³/mol. The lowest BCUT2D eigenvalue weighted by Crippen LogP contribution is -2.44. The molecule has 0 radical (unpaired) electrons. The summed E-state index contributed by atoms with van der Waals surface area (Å²) < 4.78 is 15.4. The van der Waals surface area contributed by atoms with Crippen molar-refractivity contribution in [2.24, 2.45) is 5.73 Å². The van der Waals surface area contributed by atoms with Gasteiger partial charge in [-0.1, -0.05) is 24.3 Å². The van der Waals surface area contributed by atoms with Crippen LogP contribution in [0.1, 0.15) is 18.4 Å². The van der Waals surface area contributed by atoms with Gasteiger partial charge in [0, 0.05) is 19.1 Å². The van der Waals surface area contributed by atoms with Crippen molar-refractivity contribution in [3.8, 4) is 0 Å². The Kier molecular flexibility index (Phi) is 3.94. The third kappa shape index (κ3) is 2.87. The second-order valence-electron chi connectivity index (χ2n) is 6.46. The largest absolute Gasteiger partial charge is 0.341 e. The Bertz CT molecular complexity index is 840. The van der Waals surface area contributed by atoms with Gasteiger partial charge in [-0.05, 0) is 42.7 Å². The number of hydrogen-bond donors (Lipinski definition) is 1. The summed E-state index contributed by atoms with van der Waals surface area (Å²) in [5.74, 6) is 0.743. The predicted octanol–water partition coefficient (Wildman–Crippen LogP) is 3.15. The highest BCUT2D eigenvalue weighted by molar-refractivity contribution is 5.79. The first-order chi connectivity index (χ1) is 11.7. The first-order valence-corrected chi connectivity index (χ1v) is 8.41. The van der Waals surface area contributed by atoms with Crippen molar-refractivity contribution < 1.29 is 4.39 Å². The van der Waals surface area contributed by atoms with Crippen LogP contribution in [0.5, 0.6) is 0 Å². The van der Waals surface area contributed by atoms with E-state index in [1.165, 1.54) is 12.1 Å². The standard InChI is InChI=1S/C19H21FN4/c20-15-9-7-14(8-10-15)12-24-18-6-2-1-5-17(18)22-19(24)23-11-3-4-16(21)13-23/h1-2,5-10,16H,3-4,11-13,21H2/t16-/m0/s1. The molecule has 1 aliphatic heterocycles. The highest BCUT2D eigenvalue weighted by Crippen LogP contribution is 2.26. The minimum atomic E-state index is -0.212. The monoisotopic (exact) mass is 324 g/mol. The Hall–Kier alpha value is -2.40. The molecule has 2 heterocycles.